The van der Waals surface area contributed by atoms with Gasteiger partial charge in [-0.05, 0) is 0 Å². The fourth-order valence-electron chi connectivity index (χ4n) is 0.974. The molecule has 0 N–H and O–H groups in total. The van der Waals surface area contributed by atoms with Crippen LogP contribution in [0.1, 0.15) is 0 Å². The molecule has 6 heteroatoms. The molecule has 15 heavy (non-hydrogen) atoms. The molecule has 0 radical (unpaired) electrons. The number of hydrogen-bond donors (Lipinski definition) is 0. The summed E-state index contributed by atoms with van der Waals surface area (Å²) < 4.78 is 49.0. The highest BCUT2D eigenvalue weighted by Gasteiger charge is 2.31. The van der Waals surface area contributed by atoms with Gasteiger partial charge < -0.3 is 14.2 Å². The summed E-state index contributed by atoms with van der Waals surface area (Å²) in [5.74, 6) is 0.0842. The third-order valence-corrected chi connectivity index (χ3v) is 1.56. The Labute approximate surface area is 84.4 Å². The molecule has 1 aromatic rings. The molecule has 1 aromatic carbocycles. The minimum atomic E-state index is -4.72. The minimum absolute atomic E-state index is 0.230. The van der Waals surface area contributed by atoms with E-state index in [2.05, 4.69) is 4.74 Å². The average Bonchev–Trinajstić information content (AvgIpc) is 2.14. The van der Waals surface area contributed by atoms with Crippen LogP contribution in [0, 0.1) is 0 Å². The van der Waals surface area contributed by atoms with Crippen molar-refractivity contribution in [1.29, 1.82) is 0 Å². The Morgan fingerprint density at radius 1 is 0.867 bits per heavy atom. The Kier molecular flexibility index (Phi) is 3.28. The molecule has 0 saturated carbocycles. The lowest BCUT2D eigenvalue weighted by molar-refractivity contribution is -0.274. The van der Waals surface area contributed by atoms with E-state index in [1.54, 1.807) is 0 Å². The number of halogens is 3. The molecule has 1 rings (SSSR count). The fraction of sp³-hybridized carbons (Fsp3) is 0.333. The van der Waals surface area contributed by atoms with E-state index >= 15 is 0 Å². The number of alkyl halides is 3. The minimum Gasteiger partial charge on any atom is -0.496 e. The predicted octanol–water partition coefficient (Wildman–Crippen LogP) is 2.60. The van der Waals surface area contributed by atoms with Crippen molar-refractivity contribution in [2.75, 3.05) is 14.2 Å². The Bertz CT molecular complexity index is 314. The zero-order valence-corrected chi connectivity index (χ0v) is 8.09. The summed E-state index contributed by atoms with van der Waals surface area (Å²) >= 11 is 0. The van der Waals surface area contributed by atoms with Crippen LogP contribution >= 0.6 is 0 Å². The normalized spacial score (nSPS) is 11.0. The third kappa shape index (κ3) is 3.57. The van der Waals surface area contributed by atoms with Gasteiger partial charge in [0.15, 0.2) is 0 Å². The van der Waals surface area contributed by atoms with Gasteiger partial charge in [-0.15, -0.1) is 13.2 Å². The molecular weight excluding hydrogens is 213 g/mol. The number of ether oxygens (including phenoxy) is 3. The first-order valence-electron chi connectivity index (χ1n) is 3.93. The second-order valence-corrected chi connectivity index (χ2v) is 2.60. The monoisotopic (exact) mass is 222 g/mol. The highest BCUT2D eigenvalue weighted by molar-refractivity contribution is 5.42. The van der Waals surface area contributed by atoms with E-state index in [9.17, 15) is 13.2 Å². The van der Waals surface area contributed by atoms with Gasteiger partial charge in [0.2, 0.25) is 0 Å². The first kappa shape index (κ1) is 11.5. The maximum atomic E-state index is 11.9. The molecule has 0 atom stereocenters. The van der Waals surface area contributed by atoms with Gasteiger partial charge in [0.05, 0.1) is 14.2 Å². The lowest BCUT2D eigenvalue weighted by Crippen LogP contribution is -2.17. The Balaban J connectivity index is 2.97. The van der Waals surface area contributed by atoms with Gasteiger partial charge in [-0.1, -0.05) is 0 Å². The SMILES string of the molecule is COc1cc(OC)cc(OC(F)(F)F)c1. The van der Waals surface area contributed by atoms with Gasteiger partial charge in [0.1, 0.15) is 17.2 Å². The molecule has 0 spiro atoms. The summed E-state index contributed by atoms with van der Waals surface area (Å²) in [5, 5.41) is 0. The predicted molar refractivity (Wildman–Crippen MR) is 46.2 cm³/mol. The molecule has 0 aliphatic heterocycles. The third-order valence-electron chi connectivity index (χ3n) is 1.56. The van der Waals surface area contributed by atoms with Gasteiger partial charge in [-0.25, -0.2) is 0 Å². The Morgan fingerprint density at radius 2 is 1.27 bits per heavy atom. The molecule has 0 fully saturated rings. The highest BCUT2D eigenvalue weighted by atomic mass is 19.4. The molecule has 0 unspecified atom stereocenters. The summed E-state index contributed by atoms with van der Waals surface area (Å²) in [4.78, 5) is 0. The zero-order valence-electron chi connectivity index (χ0n) is 8.09. The zero-order chi connectivity index (χ0) is 11.5. The molecule has 84 valence electrons. The van der Waals surface area contributed by atoms with E-state index in [1.165, 1.54) is 20.3 Å². The van der Waals surface area contributed by atoms with Crippen LogP contribution in [0.2, 0.25) is 0 Å². The van der Waals surface area contributed by atoms with E-state index in [4.69, 9.17) is 9.47 Å². The van der Waals surface area contributed by atoms with E-state index in [0.29, 0.717) is 0 Å². The van der Waals surface area contributed by atoms with E-state index in [-0.39, 0.29) is 17.2 Å². The molecule has 0 aliphatic rings. The molecular formula is C9H9F3O3. The van der Waals surface area contributed by atoms with Crippen LogP contribution in [-0.2, 0) is 0 Å². The largest absolute Gasteiger partial charge is 0.573 e. The Morgan fingerprint density at radius 3 is 1.60 bits per heavy atom. The van der Waals surface area contributed by atoms with Crippen LogP contribution in [0.3, 0.4) is 0 Å². The van der Waals surface area contributed by atoms with Crippen LogP contribution in [0.25, 0.3) is 0 Å². The lowest BCUT2D eigenvalue weighted by Gasteiger charge is -2.11. The lowest BCUT2D eigenvalue weighted by atomic mass is 10.3. The molecule has 0 heterocycles. The molecule has 3 nitrogen and oxygen atoms in total. The number of hydrogen-bond acceptors (Lipinski definition) is 3. The highest BCUT2D eigenvalue weighted by Crippen LogP contribution is 2.30. The smallest absolute Gasteiger partial charge is 0.496 e. The summed E-state index contributed by atoms with van der Waals surface area (Å²) in [7, 11) is 2.68. The molecule has 0 saturated heterocycles. The Hall–Kier alpha value is -1.59. The van der Waals surface area contributed by atoms with Crippen LogP contribution in [0.4, 0.5) is 13.2 Å². The fourth-order valence-corrected chi connectivity index (χ4v) is 0.974. The van der Waals surface area contributed by atoms with Gasteiger partial charge in [0, 0.05) is 18.2 Å². The van der Waals surface area contributed by atoms with Crippen molar-refractivity contribution in [2.45, 2.75) is 6.36 Å². The topological polar surface area (TPSA) is 27.7 Å². The van der Waals surface area contributed by atoms with Gasteiger partial charge >= 0.3 is 6.36 Å². The van der Waals surface area contributed by atoms with Gasteiger partial charge in [0.25, 0.3) is 0 Å². The molecule has 0 aromatic heterocycles. The summed E-state index contributed by atoms with van der Waals surface area (Å²) in [6, 6.07) is 3.69. The summed E-state index contributed by atoms with van der Waals surface area (Å²) in [6.45, 7) is 0. The molecule has 0 bridgehead atoms. The van der Waals surface area contributed by atoms with E-state index < -0.39 is 6.36 Å². The number of methoxy groups -OCH3 is 2. The van der Waals surface area contributed by atoms with E-state index in [1.807, 2.05) is 0 Å². The van der Waals surface area contributed by atoms with Crippen molar-refractivity contribution in [3.05, 3.63) is 18.2 Å². The van der Waals surface area contributed by atoms with Crippen LogP contribution in [0.15, 0.2) is 18.2 Å². The maximum Gasteiger partial charge on any atom is 0.573 e. The number of rotatable bonds is 3. The van der Waals surface area contributed by atoms with E-state index in [0.717, 1.165) is 12.1 Å². The number of benzene rings is 1. The van der Waals surface area contributed by atoms with Gasteiger partial charge in [-0.2, -0.15) is 0 Å². The quantitative estimate of drug-likeness (QED) is 0.786. The van der Waals surface area contributed by atoms with Crippen molar-refractivity contribution < 1.29 is 27.4 Å². The van der Waals surface area contributed by atoms with Crippen molar-refractivity contribution in [2.24, 2.45) is 0 Å². The molecule has 0 aliphatic carbocycles. The second-order valence-electron chi connectivity index (χ2n) is 2.60. The summed E-state index contributed by atoms with van der Waals surface area (Å²) in [6.07, 6.45) is -4.72. The average molecular weight is 222 g/mol. The van der Waals surface area contributed by atoms with Gasteiger partial charge in [-0.3, -0.25) is 0 Å². The standard InChI is InChI=1S/C9H9F3O3/c1-13-6-3-7(14-2)5-8(4-6)15-9(10,11)12/h3-5H,1-2H3. The van der Waals surface area contributed by atoms with Crippen molar-refractivity contribution in [3.8, 4) is 17.2 Å². The van der Waals surface area contributed by atoms with Crippen molar-refractivity contribution in [1.82, 2.24) is 0 Å². The van der Waals surface area contributed by atoms with Crippen LogP contribution < -0.4 is 14.2 Å². The van der Waals surface area contributed by atoms with Crippen LogP contribution in [0.5, 0.6) is 17.2 Å². The maximum absolute atomic E-state index is 11.9. The van der Waals surface area contributed by atoms with Crippen LogP contribution in [-0.4, -0.2) is 20.6 Å². The van der Waals surface area contributed by atoms with Crippen molar-refractivity contribution >= 4 is 0 Å². The van der Waals surface area contributed by atoms with Crippen molar-refractivity contribution in [3.63, 3.8) is 0 Å². The first-order chi connectivity index (χ1) is 6.94. The summed E-state index contributed by atoms with van der Waals surface area (Å²) in [5.41, 5.74) is 0. The second kappa shape index (κ2) is 4.29. The first-order valence-corrected chi connectivity index (χ1v) is 3.93. The molecule has 0 amide bonds.